The lowest BCUT2D eigenvalue weighted by Crippen LogP contribution is -2.23. The van der Waals surface area contributed by atoms with E-state index >= 15 is 0 Å². The van der Waals surface area contributed by atoms with E-state index in [-0.39, 0.29) is 5.82 Å². The second kappa shape index (κ2) is 5.14. The molecule has 0 amide bonds. The molecule has 0 radical (unpaired) electrons. The van der Waals surface area contributed by atoms with Crippen molar-refractivity contribution in [1.82, 2.24) is 0 Å². The van der Waals surface area contributed by atoms with Crippen LogP contribution in [0.1, 0.15) is 36.1 Å². The maximum Gasteiger partial charge on any atom is 0.126 e. The summed E-state index contributed by atoms with van der Waals surface area (Å²) < 4.78 is 13.7. The van der Waals surface area contributed by atoms with Crippen molar-refractivity contribution in [2.45, 2.75) is 32.8 Å². The Bertz CT molecular complexity index is 588. The van der Waals surface area contributed by atoms with E-state index < -0.39 is 5.60 Å². The zero-order valence-electron chi connectivity index (χ0n) is 11.6. The van der Waals surface area contributed by atoms with Crippen LogP contribution in [0.15, 0.2) is 42.5 Å². The molecule has 2 rings (SSSR count). The van der Waals surface area contributed by atoms with Crippen molar-refractivity contribution >= 4 is 0 Å². The lowest BCUT2D eigenvalue weighted by atomic mass is 9.86. The number of benzene rings is 2. The minimum Gasteiger partial charge on any atom is -0.381 e. The molecule has 1 unspecified atom stereocenters. The third kappa shape index (κ3) is 2.69. The van der Waals surface area contributed by atoms with Crippen molar-refractivity contribution in [1.29, 1.82) is 0 Å². The number of rotatable bonds is 3. The van der Waals surface area contributed by atoms with Gasteiger partial charge >= 0.3 is 0 Å². The summed E-state index contributed by atoms with van der Waals surface area (Å²) in [6, 6.07) is 12.7. The Morgan fingerprint density at radius 2 is 1.79 bits per heavy atom. The van der Waals surface area contributed by atoms with Gasteiger partial charge in [0.2, 0.25) is 0 Å². The van der Waals surface area contributed by atoms with E-state index in [4.69, 9.17) is 0 Å². The van der Waals surface area contributed by atoms with E-state index in [0.717, 1.165) is 17.5 Å². The molecule has 1 nitrogen and oxygen atoms in total. The first kappa shape index (κ1) is 13.8. The number of aliphatic hydroxyl groups is 1. The van der Waals surface area contributed by atoms with E-state index in [1.165, 1.54) is 6.07 Å². The van der Waals surface area contributed by atoms with Gasteiger partial charge in [0.05, 0.1) is 0 Å². The van der Waals surface area contributed by atoms with E-state index in [9.17, 15) is 9.50 Å². The Kier molecular flexibility index (Phi) is 3.72. The van der Waals surface area contributed by atoms with Gasteiger partial charge in [0.25, 0.3) is 0 Å². The van der Waals surface area contributed by atoms with Gasteiger partial charge in [0.1, 0.15) is 11.4 Å². The van der Waals surface area contributed by atoms with Gasteiger partial charge in [-0.25, -0.2) is 4.39 Å². The molecule has 2 aromatic rings. The van der Waals surface area contributed by atoms with Crippen molar-refractivity contribution in [2.75, 3.05) is 0 Å². The summed E-state index contributed by atoms with van der Waals surface area (Å²) in [5.41, 5.74) is 1.92. The fourth-order valence-electron chi connectivity index (χ4n) is 2.16. The molecule has 0 aliphatic carbocycles. The molecular formula is C17H19FO. The average Bonchev–Trinajstić information content (AvgIpc) is 2.41. The van der Waals surface area contributed by atoms with Crippen LogP contribution in [-0.2, 0) is 12.0 Å². The molecule has 0 bridgehead atoms. The van der Waals surface area contributed by atoms with Crippen LogP contribution in [0.3, 0.4) is 0 Å². The molecule has 100 valence electrons. The molecule has 2 aromatic carbocycles. The second-order valence-electron chi connectivity index (χ2n) is 5.09. The van der Waals surface area contributed by atoms with Crippen LogP contribution < -0.4 is 0 Å². The van der Waals surface area contributed by atoms with E-state index in [1.807, 2.05) is 24.3 Å². The predicted molar refractivity (Wildman–Crippen MR) is 75.6 cm³/mol. The third-order valence-electron chi connectivity index (χ3n) is 3.63. The number of hydrogen-bond donors (Lipinski definition) is 1. The van der Waals surface area contributed by atoms with E-state index in [2.05, 4.69) is 6.92 Å². The first-order chi connectivity index (χ1) is 8.95. The van der Waals surface area contributed by atoms with Crippen LogP contribution in [0, 0.1) is 12.7 Å². The first-order valence-electron chi connectivity index (χ1n) is 6.53. The van der Waals surface area contributed by atoms with Gasteiger partial charge in [-0.15, -0.1) is 0 Å². The zero-order chi connectivity index (χ0) is 14.0. The molecule has 0 saturated heterocycles. The molecule has 2 heteroatoms. The fraction of sp³-hybridized carbons (Fsp3) is 0.294. The smallest absolute Gasteiger partial charge is 0.126 e. The topological polar surface area (TPSA) is 20.2 Å². The highest BCUT2D eigenvalue weighted by Crippen LogP contribution is 2.30. The van der Waals surface area contributed by atoms with Gasteiger partial charge in [-0.1, -0.05) is 43.3 Å². The number of aryl methyl sites for hydroxylation is 2. The molecular weight excluding hydrogens is 239 g/mol. The first-order valence-corrected chi connectivity index (χ1v) is 6.53. The van der Waals surface area contributed by atoms with Crippen LogP contribution in [-0.4, -0.2) is 5.11 Å². The van der Waals surface area contributed by atoms with Gasteiger partial charge in [-0.05, 0) is 48.6 Å². The Morgan fingerprint density at radius 1 is 1.11 bits per heavy atom. The highest BCUT2D eigenvalue weighted by Gasteiger charge is 2.26. The van der Waals surface area contributed by atoms with Crippen molar-refractivity contribution in [3.05, 3.63) is 70.5 Å². The molecule has 0 saturated carbocycles. The molecule has 19 heavy (non-hydrogen) atoms. The van der Waals surface area contributed by atoms with E-state index in [0.29, 0.717) is 11.1 Å². The monoisotopic (exact) mass is 258 g/mol. The highest BCUT2D eigenvalue weighted by molar-refractivity contribution is 5.38. The maximum atomic E-state index is 13.7. The molecule has 0 aromatic heterocycles. The normalized spacial score (nSPS) is 14.2. The van der Waals surface area contributed by atoms with Crippen LogP contribution >= 0.6 is 0 Å². The number of halogens is 1. The molecule has 1 atom stereocenters. The molecule has 0 aliphatic rings. The molecule has 1 N–H and O–H groups in total. The van der Waals surface area contributed by atoms with Gasteiger partial charge in [-0.3, -0.25) is 0 Å². The van der Waals surface area contributed by atoms with Gasteiger partial charge in [0.15, 0.2) is 0 Å². The average molecular weight is 258 g/mol. The Labute approximate surface area is 113 Å². The summed E-state index contributed by atoms with van der Waals surface area (Å²) in [7, 11) is 0. The molecule has 0 aliphatic heterocycles. The van der Waals surface area contributed by atoms with Gasteiger partial charge < -0.3 is 5.11 Å². The quantitative estimate of drug-likeness (QED) is 0.883. The van der Waals surface area contributed by atoms with Crippen LogP contribution in [0.4, 0.5) is 4.39 Å². The van der Waals surface area contributed by atoms with Crippen LogP contribution in [0.5, 0.6) is 0 Å². The lowest BCUT2D eigenvalue weighted by Gasteiger charge is -2.25. The molecule has 0 fully saturated rings. The summed E-state index contributed by atoms with van der Waals surface area (Å²) in [4.78, 5) is 0. The SMILES string of the molecule is CCc1cccc(C(C)(O)c2ccc(C)c(F)c2)c1. The van der Waals surface area contributed by atoms with Gasteiger partial charge in [-0.2, -0.15) is 0 Å². The summed E-state index contributed by atoms with van der Waals surface area (Å²) in [6.45, 7) is 5.48. The highest BCUT2D eigenvalue weighted by atomic mass is 19.1. The summed E-state index contributed by atoms with van der Waals surface area (Å²) in [5.74, 6) is -0.288. The van der Waals surface area contributed by atoms with Crippen molar-refractivity contribution < 1.29 is 9.50 Å². The Hall–Kier alpha value is -1.67. The lowest BCUT2D eigenvalue weighted by molar-refractivity contribution is 0.102. The predicted octanol–water partition coefficient (Wildman–Crippen LogP) is 3.95. The Balaban J connectivity index is 2.47. The van der Waals surface area contributed by atoms with Crippen LogP contribution in [0.25, 0.3) is 0 Å². The van der Waals surface area contributed by atoms with Crippen molar-refractivity contribution in [2.24, 2.45) is 0 Å². The van der Waals surface area contributed by atoms with Crippen LogP contribution in [0.2, 0.25) is 0 Å². The maximum absolute atomic E-state index is 13.7. The fourth-order valence-corrected chi connectivity index (χ4v) is 2.16. The van der Waals surface area contributed by atoms with E-state index in [1.54, 1.807) is 26.0 Å². The van der Waals surface area contributed by atoms with Crippen molar-refractivity contribution in [3.63, 3.8) is 0 Å². The van der Waals surface area contributed by atoms with Crippen molar-refractivity contribution in [3.8, 4) is 0 Å². The summed E-state index contributed by atoms with van der Waals surface area (Å²) in [5, 5.41) is 10.7. The minimum atomic E-state index is -1.18. The third-order valence-corrected chi connectivity index (χ3v) is 3.63. The largest absolute Gasteiger partial charge is 0.381 e. The summed E-state index contributed by atoms with van der Waals surface area (Å²) in [6.07, 6.45) is 0.909. The standard InChI is InChI=1S/C17H19FO/c1-4-13-6-5-7-14(10-13)17(3,19)15-9-8-12(2)16(18)11-15/h5-11,19H,4H2,1-3H3. The minimum absolute atomic E-state index is 0.288. The second-order valence-corrected chi connectivity index (χ2v) is 5.09. The number of hydrogen-bond acceptors (Lipinski definition) is 1. The Morgan fingerprint density at radius 3 is 2.42 bits per heavy atom. The van der Waals surface area contributed by atoms with Gasteiger partial charge in [0, 0.05) is 0 Å². The summed E-state index contributed by atoms with van der Waals surface area (Å²) >= 11 is 0. The molecule has 0 heterocycles. The molecule has 0 spiro atoms. The zero-order valence-corrected chi connectivity index (χ0v) is 11.6.